The number of benzene rings is 3. The maximum atomic E-state index is 10.3. The second kappa shape index (κ2) is 10.6. The summed E-state index contributed by atoms with van der Waals surface area (Å²) in [5.74, 6) is 1.31. The summed E-state index contributed by atoms with van der Waals surface area (Å²) in [5, 5.41) is 20.8. The highest BCUT2D eigenvalue weighted by Crippen LogP contribution is 2.28. The molecule has 0 bridgehead atoms. The summed E-state index contributed by atoms with van der Waals surface area (Å²) in [5.41, 5.74) is 4.96. The van der Waals surface area contributed by atoms with Gasteiger partial charge in [-0.25, -0.2) is 5.43 Å². The van der Waals surface area contributed by atoms with Crippen molar-refractivity contribution in [1.82, 2.24) is 15.0 Å². The number of rotatable bonds is 9. The van der Waals surface area contributed by atoms with Gasteiger partial charge in [-0.3, -0.25) is 0 Å². The molecular weight excluding hydrogens is 418 g/mol. The second-order valence-corrected chi connectivity index (χ2v) is 6.79. The van der Waals surface area contributed by atoms with Crippen LogP contribution >= 0.6 is 0 Å². The van der Waals surface area contributed by atoms with E-state index < -0.39 is 0 Å². The summed E-state index contributed by atoms with van der Waals surface area (Å²) in [6.07, 6.45) is 1.47. The number of nitrogens with zero attached hydrogens (tertiary/aromatic N) is 4. The van der Waals surface area contributed by atoms with Gasteiger partial charge in [0.1, 0.15) is 0 Å². The summed E-state index contributed by atoms with van der Waals surface area (Å²) in [4.78, 5) is 13.2. The Hall–Kier alpha value is -4.66. The average Bonchev–Trinajstić information content (AvgIpc) is 2.83. The van der Waals surface area contributed by atoms with Crippen LogP contribution in [0.2, 0.25) is 0 Å². The molecule has 0 unspecified atom stereocenters. The van der Waals surface area contributed by atoms with Crippen molar-refractivity contribution in [3.05, 3.63) is 84.4 Å². The molecule has 0 aliphatic carbocycles. The van der Waals surface area contributed by atoms with Gasteiger partial charge in [0, 0.05) is 16.9 Å². The van der Waals surface area contributed by atoms with Gasteiger partial charge in [-0.2, -0.15) is 20.1 Å². The van der Waals surface area contributed by atoms with Crippen molar-refractivity contribution in [1.29, 1.82) is 0 Å². The van der Waals surface area contributed by atoms with Crippen molar-refractivity contribution in [3.8, 4) is 11.5 Å². The summed E-state index contributed by atoms with van der Waals surface area (Å²) >= 11 is 0. The maximum absolute atomic E-state index is 10.3. The number of ether oxygens (including phenoxy) is 1. The van der Waals surface area contributed by atoms with Crippen molar-refractivity contribution < 1.29 is 9.84 Å². The molecule has 33 heavy (non-hydrogen) atoms. The number of aromatic nitrogens is 3. The zero-order chi connectivity index (χ0) is 22.9. The number of phenols is 1. The first-order valence-electron chi connectivity index (χ1n) is 10.4. The van der Waals surface area contributed by atoms with Gasteiger partial charge in [0.2, 0.25) is 17.8 Å². The molecule has 1 heterocycles. The van der Waals surface area contributed by atoms with E-state index in [4.69, 9.17) is 4.74 Å². The minimum Gasteiger partial charge on any atom is -0.504 e. The topological polar surface area (TPSA) is 117 Å². The van der Waals surface area contributed by atoms with Crippen LogP contribution < -0.4 is 20.8 Å². The quantitative estimate of drug-likeness (QED) is 0.214. The van der Waals surface area contributed by atoms with Gasteiger partial charge in [0.25, 0.3) is 0 Å². The Morgan fingerprint density at radius 1 is 0.788 bits per heavy atom. The fourth-order valence-electron chi connectivity index (χ4n) is 2.91. The molecule has 9 nitrogen and oxygen atoms in total. The van der Waals surface area contributed by atoms with Crippen LogP contribution in [0, 0.1) is 0 Å². The number of hydrogen-bond donors (Lipinski definition) is 4. The van der Waals surface area contributed by atoms with Crippen molar-refractivity contribution in [2.24, 2.45) is 5.10 Å². The van der Waals surface area contributed by atoms with Crippen LogP contribution in [0.5, 0.6) is 11.5 Å². The summed E-state index contributed by atoms with van der Waals surface area (Å²) in [6, 6.07) is 24.4. The van der Waals surface area contributed by atoms with Gasteiger partial charge < -0.3 is 20.5 Å². The first kappa shape index (κ1) is 21.6. The molecule has 9 heteroatoms. The van der Waals surface area contributed by atoms with Crippen molar-refractivity contribution in [2.45, 2.75) is 6.92 Å². The van der Waals surface area contributed by atoms with Crippen molar-refractivity contribution in [2.75, 3.05) is 22.7 Å². The predicted molar refractivity (Wildman–Crippen MR) is 130 cm³/mol. The van der Waals surface area contributed by atoms with Gasteiger partial charge in [0.05, 0.1) is 12.8 Å². The van der Waals surface area contributed by atoms with E-state index in [0.29, 0.717) is 29.8 Å². The van der Waals surface area contributed by atoms with Crippen LogP contribution in [0.3, 0.4) is 0 Å². The predicted octanol–water partition coefficient (Wildman–Crippen LogP) is 4.91. The second-order valence-electron chi connectivity index (χ2n) is 6.79. The summed E-state index contributed by atoms with van der Waals surface area (Å²) in [7, 11) is 0. The van der Waals surface area contributed by atoms with Crippen LogP contribution in [-0.4, -0.2) is 32.9 Å². The van der Waals surface area contributed by atoms with Gasteiger partial charge in [0.15, 0.2) is 11.5 Å². The third-order valence-corrected chi connectivity index (χ3v) is 4.39. The van der Waals surface area contributed by atoms with E-state index in [9.17, 15) is 5.11 Å². The zero-order valence-corrected chi connectivity index (χ0v) is 17.9. The molecule has 0 atom stereocenters. The number of hydrazone groups is 1. The van der Waals surface area contributed by atoms with E-state index >= 15 is 0 Å². The fraction of sp³-hybridized carbons (Fsp3) is 0.0833. The molecule has 0 amide bonds. The highest BCUT2D eigenvalue weighted by atomic mass is 16.5. The number of phenolic OH excluding ortho intramolecular Hbond substituents is 1. The molecule has 0 spiro atoms. The molecule has 166 valence electrons. The largest absolute Gasteiger partial charge is 0.504 e. The highest BCUT2D eigenvalue weighted by Gasteiger charge is 2.08. The van der Waals surface area contributed by atoms with Gasteiger partial charge >= 0.3 is 0 Å². The molecule has 0 aliphatic heterocycles. The number of aromatic hydroxyl groups is 1. The minimum atomic E-state index is 0.0124. The Balaban J connectivity index is 1.57. The number of para-hydroxylation sites is 3. The Kier molecular flexibility index (Phi) is 6.92. The SMILES string of the molecule is CCOc1cccc(/C=N\Nc2nc(Nc3ccccc3)nc(Nc3ccccc3)n2)c1O. The third-order valence-electron chi connectivity index (χ3n) is 4.39. The first-order valence-corrected chi connectivity index (χ1v) is 10.4. The lowest BCUT2D eigenvalue weighted by Gasteiger charge is -2.10. The molecule has 0 saturated carbocycles. The lowest BCUT2D eigenvalue weighted by Crippen LogP contribution is -2.07. The Morgan fingerprint density at radius 2 is 1.36 bits per heavy atom. The Bertz CT molecular complexity index is 1160. The van der Waals surface area contributed by atoms with Crippen molar-refractivity contribution in [3.63, 3.8) is 0 Å². The maximum Gasteiger partial charge on any atom is 0.250 e. The van der Waals surface area contributed by atoms with E-state index in [1.807, 2.05) is 67.6 Å². The number of hydrogen-bond acceptors (Lipinski definition) is 9. The van der Waals surface area contributed by atoms with Crippen LogP contribution in [-0.2, 0) is 0 Å². The zero-order valence-electron chi connectivity index (χ0n) is 17.9. The lowest BCUT2D eigenvalue weighted by atomic mass is 10.2. The smallest absolute Gasteiger partial charge is 0.250 e. The van der Waals surface area contributed by atoms with Crippen LogP contribution in [0.1, 0.15) is 12.5 Å². The standard InChI is InChI=1S/C24H23N7O2/c1-2-33-20-15-9-10-17(21(20)32)16-25-31-24-29-22(26-18-11-5-3-6-12-18)28-23(30-24)27-19-13-7-4-8-14-19/h3-16,32H,2H2,1H3,(H3,26,27,28,29,30,31)/b25-16-. The molecule has 0 fully saturated rings. The average molecular weight is 441 g/mol. The molecule has 4 rings (SSSR count). The van der Waals surface area contributed by atoms with Crippen LogP contribution in [0.25, 0.3) is 0 Å². The molecule has 4 N–H and O–H groups in total. The monoisotopic (exact) mass is 441 g/mol. The molecule has 0 saturated heterocycles. The number of nitrogens with one attached hydrogen (secondary N) is 3. The highest BCUT2D eigenvalue weighted by molar-refractivity contribution is 5.85. The normalized spacial score (nSPS) is 10.7. The Labute approximate surface area is 191 Å². The van der Waals surface area contributed by atoms with E-state index in [1.165, 1.54) is 6.21 Å². The molecule has 3 aromatic carbocycles. The van der Waals surface area contributed by atoms with Gasteiger partial charge in [-0.05, 0) is 43.3 Å². The van der Waals surface area contributed by atoms with Crippen molar-refractivity contribution >= 4 is 35.4 Å². The summed E-state index contributed by atoms with van der Waals surface area (Å²) < 4.78 is 5.40. The third kappa shape index (κ3) is 5.95. The molecule has 0 radical (unpaired) electrons. The van der Waals surface area contributed by atoms with E-state index in [0.717, 1.165) is 11.4 Å². The van der Waals surface area contributed by atoms with Crippen LogP contribution in [0.4, 0.5) is 29.2 Å². The van der Waals surface area contributed by atoms with Crippen LogP contribution in [0.15, 0.2) is 84.0 Å². The minimum absolute atomic E-state index is 0.0124. The first-order chi connectivity index (χ1) is 16.2. The molecule has 1 aromatic heterocycles. The van der Waals surface area contributed by atoms with E-state index in [-0.39, 0.29) is 11.7 Å². The lowest BCUT2D eigenvalue weighted by molar-refractivity contribution is 0.318. The molecule has 4 aromatic rings. The number of anilines is 5. The Morgan fingerprint density at radius 3 is 1.94 bits per heavy atom. The van der Waals surface area contributed by atoms with Gasteiger partial charge in [-0.1, -0.05) is 42.5 Å². The van der Waals surface area contributed by atoms with E-state index in [2.05, 4.69) is 36.1 Å². The van der Waals surface area contributed by atoms with Gasteiger partial charge in [-0.15, -0.1) is 0 Å². The molecule has 0 aliphatic rings. The fourth-order valence-corrected chi connectivity index (χ4v) is 2.91. The van der Waals surface area contributed by atoms with E-state index in [1.54, 1.807) is 18.2 Å². The molecular formula is C24H23N7O2. The summed E-state index contributed by atoms with van der Waals surface area (Å²) in [6.45, 7) is 2.30.